The highest BCUT2D eigenvalue weighted by Crippen LogP contribution is 2.31. The monoisotopic (exact) mass is 685 g/mol. The zero-order chi connectivity index (χ0) is 35.5. The van der Waals surface area contributed by atoms with Crippen LogP contribution < -0.4 is 10.6 Å². The first-order valence-electron chi connectivity index (χ1n) is 16.5. The summed E-state index contributed by atoms with van der Waals surface area (Å²) in [7, 11) is 4.93. The van der Waals surface area contributed by atoms with Crippen LogP contribution in [0.3, 0.4) is 0 Å². The van der Waals surface area contributed by atoms with Gasteiger partial charge in [0.25, 0.3) is 5.91 Å². The van der Waals surface area contributed by atoms with Gasteiger partial charge in [-0.25, -0.2) is 4.98 Å². The van der Waals surface area contributed by atoms with E-state index in [4.69, 9.17) is 9.47 Å². The molecule has 1 saturated heterocycles. The van der Waals surface area contributed by atoms with Crippen LogP contribution in [0, 0.1) is 11.8 Å². The lowest BCUT2D eigenvalue weighted by atomic mass is 9.95. The summed E-state index contributed by atoms with van der Waals surface area (Å²) in [4.78, 5) is 72.4. The molecule has 0 bridgehead atoms. The average molecular weight is 686 g/mol. The highest BCUT2D eigenvalue weighted by atomic mass is 32.1. The summed E-state index contributed by atoms with van der Waals surface area (Å²) in [5.74, 6) is -2.17. The number of amides is 3. The van der Waals surface area contributed by atoms with Gasteiger partial charge in [-0.15, -0.1) is 11.3 Å². The third-order valence-corrected chi connectivity index (χ3v) is 9.80. The number of thiazole rings is 1. The normalized spacial score (nSPS) is 17.9. The number of likely N-dealkylation sites (N-methyl/N-ethyl adjacent to an activating group) is 2. The Hall–Kier alpha value is -3.84. The Kier molecular flexibility index (Phi) is 14.5. The third-order valence-electron chi connectivity index (χ3n) is 8.86. The van der Waals surface area contributed by atoms with Crippen LogP contribution in [0.25, 0.3) is 0 Å². The number of benzene rings is 1. The summed E-state index contributed by atoms with van der Waals surface area (Å²) in [6.45, 7) is 9.53. The molecule has 0 saturated carbocycles. The molecule has 0 aliphatic carbocycles. The minimum atomic E-state index is -0.812. The largest absolute Gasteiger partial charge is 0.469 e. The number of methoxy groups -OCH3 is 1. The quantitative estimate of drug-likeness (QED) is 0.252. The van der Waals surface area contributed by atoms with Gasteiger partial charge in [-0.2, -0.15) is 0 Å². The molecule has 1 aliphatic rings. The van der Waals surface area contributed by atoms with Crippen LogP contribution in [0.1, 0.15) is 87.5 Å². The van der Waals surface area contributed by atoms with E-state index in [1.54, 1.807) is 31.2 Å². The molecule has 6 atom stereocenters. The number of likely N-dealkylation sites (tertiary alicyclic amines) is 1. The lowest BCUT2D eigenvalue weighted by Gasteiger charge is -2.35. The van der Waals surface area contributed by atoms with Gasteiger partial charge in [0.1, 0.15) is 16.7 Å². The Labute approximate surface area is 287 Å². The first kappa shape index (κ1) is 38.6. The zero-order valence-corrected chi connectivity index (χ0v) is 30.2. The summed E-state index contributed by atoms with van der Waals surface area (Å²) in [5.41, 5.74) is 1.17. The van der Waals surface area contributed by atoms with Gasteiger partial charge >= 0.3 is 11.9 Å². The minimum absolute atomic E-state index is 0.0286. The van der Waals surface area contributed by atoms with E-state index in [1.807, 2.05) is 56.1 Å². The SMILES string of the molecule is COC(=O)[C@@H](C)C[C@H](Cc1ccccc1)NC(=O)c1csc([C@@H](C[C@H](C(C)C)N(C)C(=O)[C@H](C)NC(=O)[C@H]2CCCN2C)OC(C)=O)n1. The van der Waals surface area contributed by atoms with E-state index in [1.165, 1.54) is 25.4 Å². The molecule has 3 rings (SSSR count). The maximum atomic E-state index is 13.5. The van der Waals surface area contributed by atoms with E-state index in [9.17, 15) is 24.0 Å². The molecule has 1 fully saturated rings. The predicted molar refractivity (Wildman–Crippen MR) is 183 cm³/mol. The molecule has 48 heavy (non-hydrogen) atoms. The van der Waals surface area contributed by atoms with Crippen molar-refractivity contribution >= 4 is 41.0 Å². The Balaban J connectivity index is 1.75. The summed E-state index contributed by atoms with van der Waals surface area (Å²) in [5, 5.41) is 7.94. The number of nitrogens with one attached hydrogen (secondary N) is 2. The standard InChI is InChI=1S/C35H51N5O7S/c1-21(2)29(40(7)34(44)23(4)36-32(43)28-15-12-16-39(28)6)19-30(47-24(5)41)33-38-27(20-48-33)31(42)37-26(17-22(3)35(45)46-8)18-25-13-10-9-11-14-25/h9-11,13-14,20-23,26,28-30H,12,15-19H2,1-8H3,(H,36,43)(H,37,42)/t22-,23-,26+,28+,29+,30+/m0/s1. The van der Waals surface area contributed by atoms with E-state index < -0.39 is 29.9 Å². The molecule has 2 N–H and O–H groups in total. The van der Waals surface area contributed by atoms with Crippen LogP contribution in [-0.4, -0.2) is 96.4 Å². The Bertz CT molecular complexity index is 1400. The molecular formula is C35H51N5O7S. The molecule has 1 aromatic heterocycles. The fraction of sp³-hybridized carbons (Fsp3) is 0.600. The topological polar surface area (TPSA) is 147 Å². The summed E-state index contributed by atoms with van der Waals surface area (Å²) in [6.07, 6.45) is 2.00. The summed E-state index contributed by atoms with van der Waals surface area (Å²) < 4.78 is 10.6. The second-order valence-corrected chi connectivity index (χ2v) is 13.9. The highest BCUT2D eigenvalue weighted by Gasteiger charge is 2.35. The molecule has 2 heterocycles. The molecule has 2 aromatic rings. The minimum Gasteiger partial charge on any atom is -0.469 e. The molecule has 13 heteroatoms. The number of carbonyl (C=O) groups excluding carboxylic acids is 5. The molecular weight excluding hydrogens is 634 g/mol. The smallest absolute Gasteiger partial charge is 0.308 e. The maximum Gasteiger partial charge on any atom is 0.308 e. The van der Waals surface area contributed by atoms with Crippen molar-refractivity contribution in [1.29, 1.82) is 0 Å². The molecule has 264 valence electrons. The molecule has 1 aromatic carbocycles. The number of aromatic nitrogens is 1. The van der Waals surface area contributed by atoms with Crippen molar-refractivity contribution in [2.45, 2.75) is 97.0 Å². The first-order valence-corrected chi connectivity index (χ1v) is 17.4. The van der Waals surface area contributed by atoms with Gasteiger partial charge in [-0.3, -0.25) is 28.9 Å². The number of hydrogen-bond donors (Lipinski definition) is 2. The van der Waals surface area contributed by atoms with Gasteiger partial charge in [0.2, 0.25) is 11.8 Å². The van der Waals surface area contributed by atoms with Crippen molar-refractivity contribution in [2.24, 2.45) is 11.8 Å². The van der Waals surface area contributed by atoms with Gasteiger partial charge in [-0.05, 0) is 57.7 Å². The van der Waals surface area contributed by atoms with Gasteiger partial charge in [0, 0.05) is 37.9 Å². The highest BCUT2D eigenvalue weighted by molar-refractivity contribution is 7.09. The number of ether oxygens (including phenoxy) is 2. The molecule has 0 radical (unpaired) electrons. The van der Waals surface area contributed by atoms with Gasteiger partial charge in [0.05, 0.1) is 19.1 Å². The Morgan fingerprint density at radius 1 is 1.06 bits per heavy atom. The molecule has 0 spiro atoms. The molecule has 3 amide bonds. The fourth-order valence-electron chi connectivity index (χ4n) is 6.19. The Morgan fingerprint density at radius 3 is 2.33 bits per heavy atom. The second-order valence-electron chi connectivity index (χ2n) is 13.1. The van der Waals surface area contributed by atoms with Crippen molar-refractivity contribution in [3.05, 3.63) is 52.0 Å². The van der Waals surface area contributed by atoms with Crippen LogP contribution in [0.5, 0.6) is 0 Å². The Morgan fingerprint density at radius 2 is 1.75 bits per heavy atom. The van der Waals surface area contributed by atoms with Crippen molar-refractivity contribution in [1.82, 2.24) is 25.4 Å². The number of nitrogens with zero attached hydrogens (tertiary/aromatic N) is 3. The van der Waals surface area contributed by atoms with E-state index in [2.05, 4.69) is 15.6 Å². The third kappa shape index (κ3) is 10.8. The van der Waals surface area contributed by atoms with E-state index in [0.717, 1.165) is 24.9 Å². The summed E-state index contributed by atoms with van der Waals surface area (Å²) in [6, 6.07) is 7.94. The van der Waals surface area contributed by atoms with Crippen molar-refractivity contribution in [3.8, 4) is 0 Å². The zero-order valence-electron chi connectivity index (χ0n) is 29.4. The molecule has 0 unspecified atom stereocenters. The van der Waals surface area contributed by atoms with Gasteiger partial charge in [0.15, 0.2) is 6.10 Å². The van der Waals surface area contributed by atoms with Gasteiger partial charge < -0.3 is 25.0 Å². The van der Waals surface area contributed by atoms with Crippen LogP contribution in [0.4, 0.5) is 0 Å². The number of hydrogen-bond acceptors (Lipinski definition) is 10. The fourth-order valence-corrected chi connectivity index (χ4v) is 7.03. The summed E-state index contributed by atoms with van der Waals surface area (Å²) >= 11 is 1.20. The lowest BCUT2D eigenvalue weighted by Crippen LogP contribution is -2.53. The lowest BCUT2D eigenvalue weighted by molar-refractivity contribution is -0.149. The van der Waals surface area contributed by atoms with Crippen LogP contribution >= 0.6 is 11.3 Å². The van der Waals surface area contributed by atoms with Crippen LogP contribution in [-0.2, 0) is 35.1 Å². The molecule has 12 nitrogen and oxygen atoms in total. The maximum absolute atomic E-state index is 13.5. The van der Waals surface area contributed by atoms with Crippen molar-refractivity contribution < 1.29 is 33.4 Å². The molecule has 1 aliphatic heterocycles. The van der Waals surface area contributed by atoms with E-state index >= 15 is 0 Å². The van der Waals surface area contributed by atoms with Gasteiger partial charge in [-0.1, -0.05) is 51.1 Å². The van der Waals surface area contributed by atoms with Crippen LogP contribution in [0.15, 0.2) is 35.7 Å². The first-order chi connectivity index (χ1) is 22.7. The second kappa shape index (κ2) is 18.1. The number of esters is 2. The predicted octanol–water partition coefficient (Wildman–Crippen LogP) is 3.76. The number of rotatable bonds is 16. The van der Waals surface area contributed by atoms with Crippen molar-refractivity contribution in [2.75, 3.05) is 27.7 Å². The number of carbonyl (C=O) groups is 5. The average Bonchev–Trinajstić information content (AvgIpc) is 3.71. The van der Waals surface area contributed by atoms with E-state index in [0.29, 0.717) is 17.8 Å². The van der Waals surface area contributed by atoms with Crippen molar-refractivity contribution in [3.63, 3.8) is 0 Å². The van der Waals surface area contributed by atoms with Crippen LogP contribution in [0.2, 0.25) is 0 Å². The van der Waals surface area contributed by atoms with E-state index in [-0.39, 0.29) is 53.9 Å².